The molecule has 13 heavy (non-hydrogen) atoms. The Bertz CT molecular complexity index is 167. The molecular weight excluding hydrogens is 164 g/mol. The van der Waals surface area contributed by atoms with E-state index in [-0.39, 0.29) is 5.78 Å². The van der Waals surface area contributed by atoms with Gasteiger partial charge in [0.2, 0.25) is 0 Å². The Balaban J connectivity index is 3.16. The zero-order valence-electron chi connectivity index (χ0n) is 8.34. The lowest BCUT2D eigenvalue weighted by Crippen LogP contribution is -2.04. The number of hydrogen-bond donors (Lipinski definition) is 0. The number of carbonyl (C=O) groups excluding carboxylic acids is 1. The third-order valence-electron chi connectivity index (χ3n) is 1.65. The van der Waals surface area contributed by atoms with E-state index in [1.165, 1.54) is 0 Å². The molecule has 0 saturated carbocycles. The Morgan fingerprint density at radius 1 is 1.38 bits per heavy atom. The summed E-state index contributed by atoms with van der Waals surface area (Å²) in [6.45, 7) is 3.36. The molecule has 0 aliphatic rings. The van der Waals surface area contributed by atoms with Gasteiger partial charge in [-0.15, -0.1) is 12.3 Å². The van der Waals surface area contributed by atoms with Crippen molar-refractivity contribution in [3.63, 3.8) is 0 Å². The number of ketones is 1. The van der Waals surface area contributed by atoms with Crippen molar-refractivity contribution in [1.82, 2.24) is 0 Å². The van der Waals surface area contributed by atoms with Crippen molar-refractivity contribution in [3.8, 4) is 12.3 Å². The van der Waals surface area contributed by atoms with E-state index in [0.29, 0.717) is 25.9 Å². The van der Waals surface area contributed by atoms with Crippen LogP contribution in [-0.2, 0) is 9.53 Å². The minimum atomic E-state index is 0.256. The molecule has 0 radical (unpaired) electrons. The van der Waals surface area contributed by atoms with Crippen molar-refractivity contribution in [2.45, 2.75) is 39.0 Å². The van der Waals surface area contributed by atoms with Crippen LogP contribution in [0.25, 0.3) is 0 Å². The Morgan fingerprint density at radius 3 is 2.77 bits per heavy atom. The number of hydrogen-bond acceptors (Lipinski definition) is 2. The molecular formula is C11H18O2. The van der Waals surface area contributed by atoms with Gasteiger partial charge in [0.1, 0.15) is 5.78 Å². The van der Waals surface area contributed by atoms with Crippen LogP contribution in [0.3, 0.4) is 0 Å². The highest BCUT2D eigenvalue weighted by Crippen LogP contribution is 1.98. The van der Waals surface area contributed by atoms with Crippen LogP contribution in [-0.4, -0.2) is 19.0 Å². The van der Waals surface area contributed by atoms with E-state index in [0.717, 1.165) is 19.4 Å². The molecule has 74 valence electrons. The van der Waals surface area contributed by atoms with Crippen LogP contribution < -0.4 is 0 Å². The van der Waals surface area contributed by atoms with Gasteiger partial charge in [0.05, 0.1) is 6.61 Å². The fourth-order valence-corrected chi connectivity index (χ4v) is 0.945. The molecule has 0 bridgehead atoms. The summed E-state index contributed by atoms with van der Waals surface area (Å²) in [4.78, 5) is 11.1. The average Bonchev–Trinajstić information content (AvgIpc) is 2.13. The van der Waals surface area contributed by atoms with Crippen molar-refractivity contribution < 1.29 is 9.53 Å². The summed E-state index contributed by atoms with van der Waals surface area (Å²) >= 11 is 0. The lowest BCUT2D eigenvalue weighted by atomic mass is 10.1. The second-order valence-corrected chi connectivity index (χ2v) is 2.96. The molecule has 0 rings (SSSR count). The molecule has 0 fully saturated rings. The summed E-state index contributed by atoms with van der Waals surface area (Å²) in [5.41, 5.74) is 0. The van der Waals surface area contributed by atoms with E-state index >= 15 is 0 Å². The first-order chi connectivity index (χ1) is 6.31. The monoisotopic (exact) mass is 182 g/mol. The van der Waals surface area contributed by atoms with Crippen LogP contribution in [0.4, 0.5) is 0 Å². The highest BCUT2D eigenvalue weighted by molar-refractivity contribution is 5.78. The van der Waals surface area contributed by atoms with Gasteiger partial charge in [0.25, 0.3) is 0 Å². The SMILES string of the molecule is C#CCCCC(=O)CCOCCC. The van der Waals surface area contributed by atoms with Crippen molar-refractivity contribution in [2.75, 3.05) is 13.2 Å². The Kier molecular flexibility index (Phi) is 8.70. The van der Waals surface area contributed by atoms with Crippen LogP contribution in [0.1, 0.15) is 39.0 Å². The third kappa shape index (κ3) is 9.10. The molecule has 2 nitrogen and oxygen atoms in total. The van der Waals surface area contributed by atoms with Crippen molar-refractivity contribution in [1.29, 1.82) is 0 Å². The standard InChI is InChI=1S/C11H18O2/c1-3-5-6-7-11(12)8-10-13-9-4-2/h1H,4-10H2,2H3. The summed E-state index contributed by atoms with van der Waals surface area (Å²) in [5.74, 6) is 2.77. The quantitative estimate of drug-likeness (QED) is 0.425. The summed E-state index contributed by atoms with van der Waals surface area (Å²) in [6.07, 6.45) is 8.71. The van der Waals surface area contributed by atoms with E-state index in [2.05, 4.69) is 12.8 Å². The summed E-state index contributed by atoms with van der Waals surface area (Å²) < 4.78 is 5.20. The van der Waals surface area contributed by atoms with Gasteiger partial charge in [0.15, 0.2) is 0 Å². The van der Waals surface area contributed by atoms with Gasteiger partial charge in [-0.3, -0.25) is 4.79 Å². The number of rotatable bonds is 8. The maximum Gasteiger partial charge on any atom is 0.135 e. The lowest BCUT2D eigenvalue weighted by Gasteiger charge is -2.00. The Labute approximate surface area is 80.7 Å². The molecule has 0 N–H and O–H groups in total. The van der Waals surface area contributed by atoms with Gasteiger partial charge in [0, 0.05) is 25.9 Å². The molecule has 0 aromatic rings. The molecule has 0 atom stereocenters. The fourth-order valence-electron chi connectivity index (χ4n) is 0.945. The second-order valence-electron chi connectivity index (χ2n) is 2.96. The van der Waals surface area contributed by atoms with Gasteiger partial charge in [-0.1, -0.05) is 6.92 Å². The largest absolute Gasteiger partial charge is 0.381 e. The maximum atomic E-state index is 11.1. The van der Waals surface area contributed by atoms with Crippen LogP contribution >= 0.6 is 0 Å². The molecule has 2 heteroatoms. The molecule has 0 saturated heterocycles. The normalized spacial score (nSPS) is 9.54. The average molecular weight is 182 g/mol. The Morgan fingerprint density at radius 2 is 2.15 bits per heavy atom. The Hall–Kier alpha value is -0.810. The summed E-state index contributed by atoms with van der Waals surface area (Å²) in [6, 6.07) is 0. The van der Waals surface area contributed by atoms with Gasteiger partial charge < -0.3 is 4.74 Å². The molecule has 0 unspecified atom stereocenters. The number of carbonyl (C=O) groups is 1. The number of ether oxygens (including phenoxy) is 1. The molecule has 0 spiro atoms. The van der Waals surface area contributed by atoms with E-state index in [1.807, 2.05) is 0 Å². The van der Waals surface area contributed by atoms with Crippen molar-refractivity contribution >= 4 is 5.78 Å². The van der Waals surface area contributed by atoms with Crippen LogP contribution in [0, 0.1) is 12.3 Å². The maximum absolute atomic E-state index is 11.1. The van der Waals surface area contributed by atoms with Crippen molar-refractivity contribution in [2.24, 2.45) is 0 Å². The van der Waals surface area contributed by atoms with E-state index in [1.54, 1.807) is 0 Å². The zero-order chi connectivity index (χ0) is 9.94. The summed E-state index contributed by atoms with van der Waals surface area (Å²) in [5, 5.41) is 0. The predicted octanol–water partition coefficient (Wildman–Crippen LogP) is 2.18. The van der Waals surface area contributed by atoms with Crippen LogP contribution in [0.2, 0.25) is 0 Å². The van der Waals surface area contributed by atoms with E-state index in [4.69, 9.17) is 11.2 Å². The minimum Gasteiger partial charge on any atom is -0.381 e. The number of terminal acetylenes is 1. The number of unbranched alkanes of at least 4 members (excludes halogenated alkanes) is 1. The smallest absolute Gasteiger partial charge is 0.135 e. The molecule has 0 heterocycles. The molecule has 0 amide bonds. The fraction of sp³-hybridized carbons (Fsp3) is 0.727. The third-order valence-corrected chi connectivity index (χ3v) is 1.65. The van der Waals surface area contributed by atoms with Gasteiger partial charge >= 0.3 is 0 Å². The van der Waals surface area contributed by atoms with Gasteiger partial charge in [-0.05, 0) is 12.8 Å². The van der Waals surface area contributed by atoms with E-state index < -0.39 is 0 Å². The first-order valence-electron chi connectivity index (χ1n) is 4.84. The van der Waals surface area contributed by atoms with Gasteiger partial charge in [-0.2, -0.15) is 0 Å². The molecule has 0 aromatic heterocycles. The number of Topliss-reactive ketones (excluding diaryl/α,β-unsaturated/α-hetero) is 1. The predicted molar refractivity (Wildman–Crippen MR) is 53.4 cm³/mol. The van der Waals surface area contributed by atoms with Crippen LogP contribution in [0.5, 0.6) is 0 Å². The lowest BCUT2D eigenvalue weighted by molar-refractivity contribution is -0.120. The molecule has 0 aliphatic carbocycles. The minimum absolute atomic E-state index is 0.256. The van der Waals surface area contributed by atoms with Crippen LogP contribution in [0.15, 0.2) is 0 Å². The first-order valence-corrected chi connectivity index (χ1v) is 4.84. The first kappa shape index (κ1) is 12.2. The highest BCUT2D eigenvalue weighted by atomic mass is 16.5. The zero-order valence-corrected chi connectivity index (χ0v) is 8.34. The summed E-state index contributed by atoms with van der Waals surface area (Å²) in [7, 11) is 0. The molecule has 0 aliphatic heterocycles. The highest BCUT2D eigenvalue weighted by Gasteiger charge is 2.00. The second kappa shape index (κ2) is 9.28. The van der Waals surface area contributed by atoms with E-state index in [9.17, 15) is 4.79 Å². The van der Waals surface area contributed by atoms with Gasteiger partial charge in [-0.25, -0.2) is 0 Å². The molecule has 0 aromatic carbocycles. The van der Waals surface area contributed by atoms with Crippen molar-refractivity contribution in [3.05, 3.63) is 0 Å². The topological polar surface area (TPSA) is 26.3 Å².